The van der Waals surface area contributed by atoms with E-state index in [9.17, 15) is 14.4 Å². The van der Waals surface area contributed by atoms with Gasteiger partial charge in [0.05, 0.1) is 24.6 Å². The number of amides is 2. The Morgan fingerprint density at radius 1 is 0.933 bits per heavy atom. The maximum absolute atomic E-state index is 12.8. The van der Waals surface area contributed by atoms with Gasteiger partial charge in [0.2, 0.25) is 11.8 Å². The van der Waals surface area contributed by atoms with Crippen molar-refractivity contribution < 1.29 is 23.9 Å². The van der Waals surface area contributed by atoms with E-state index in [1.165, 1.54) is 4.90 Å². The molecular weight excluding hydrogens is 382 g/mol. The number of ether oxygens (including phenoxy) is 2. The fourth-order valence-electron chi connectivity index (χ4n) is 4.34. The van der Waals surface area contributed by atoms with E-state index in [0.717, 1.165) is 19.3 Å². The van der Waals surface area contributed by atoms with E-state index in [1.807, 2.05) is 0 Å². The third kappa shape index (κ3) is 3.82. The van der Waals surface area contributed by atoms with Crippen molar-refractivity contribution in [3.05, 3.63) is 54.1 Å². The molecule has 1 saturated heterocycles. The predicted octanol–water partition coefficient (Wildman–Crippen LogP) is 3.88. The summed E-state index contributed by atoms with van der Waals surface area (Å²) >= 11 is 0. The highest BCUT2D eigenvalue weighted by Crippen LogP contribution is 2.42. The summed E-state index contributed by atoms with van der Waals surface area (Å²) in [6.45, 7) is 2.03. The van der Waals surface area contributed by atoms with Crippen molar-refractivity contribution in [1.82, 2.24) is 0 Å². The molecule has 6 nitrogen and oxygen atoms in total. The Hall–Kier alpha value is -3.15. The lowest BCUT2D eigenvalue weighted by atomic mass is 9.76. The Morgan fingerprint density at radius 3 is 2.23 bits per heavy atom. The molecule has 0 radical (unpaired) electrons. The number of carbonyl (C=O) groups excluding carboxylic acids is 3. The Morgan fingerprint density at radius 2 is 1.57 bits per heavy atom. The van der Waals surface area contributed by atoms with Crippen LogP contribution in [-0.2, 0) is 9.59 Å². The maximum Gasteiger partial charge on any atom is 0.237 e. The fourth-order valence-corrected chi connectivity index (χ4v) is 4.34. The molecule has 156 valence electrons. The van der Waals surface area contributed by atoms with Gasteiger partial charge in [-0.15, -0.1) is 0 Å². The van der Waals surface area contributed by atoms with E-state index in [0.29, 0.717) is 28.7 Å². The van der Waals surface area contributed by atoms with Gasteiger partial charge in [-0.25, -0.2) is 0 Å². The molecule has 0 aromatic heterocycles. The van der Waals surface area contributed by atoms with Gasteiger partial charge in [-0.05, 0) is 73.7 Å². The molecular formula is C24H25NO5. The highest BCUT2D eigenvalue weighted by molar-refractivity contribution is 6.22. The highest BCUT2D eigenvalue weighted by atomic mass is 16.5. The first-order valence-corrected chi connectivity index (χ1v) is 10.3. The van der Waals surface area contributed by atoms with Gasteiger partial charge in [0.1, 0.15) is 11.5 Å². The van der Waals surface area contributed by atoms with Crippen LogP contribution in [0.5, 0.6) is 11.5 Å². The molecule has 0 bridgehead atoms. The minimum atomic E-state index is -0.195. The summed E-state index contributed by atoms with van der Waals surface area (Å²) in [5, 5.41) is 0. The van der Waals surface area contributed by atoms with Crippen LogP contribution in [0.1, 0.15) is 36.5 Å². The molecule has 2 amide bonds. The zero-order valence-corrected chi connectivity index (χ0v) is 17.2. The predicted molar refractivity (Wildman–Crippen MR) is 112 cm³/mol. The van der Waals surface area contributed by atoms with Crippen LogP contribution in [-0.4, -0.2) is 31.3 Å². The molecule has 1 saturated carbocycles. The number of methoxy groups -OCH3 is 1. The molecule has 2 aromatic carbocycles. The summed E-state index contributed by atoms with van der Waals surface area (Å²) in [4.78, 5) is 39.2. The van der Waals surface area contributed by atoms with Crippen LogP contribution in [0.2, 0.25) is 0 Å². The molecule has 6 heteroatoms. The molecule has 2 aliphatic rings. The quantitative estimate of drug-likeness (QED) is 0.537. The number of anilines is 1. The number of carbonyl (C=O) groups is 3. The molecule has 4 rings (SSSR count). The number of Topliss-reactive ketones (excluding diaryl/α,β-unsaturated/α-hetero) is 1. The van der Waals surface area contributed by atoms with Crippen LogP contribution in [0.15, 0.2) is 48.5 Å². The van der Waals surface area contributed by atoms with E-state index in [2.05, 4.69) is 6.92 Å². The number of hydrogen-bond acceptors (Lipinski definition) is 5. The van der Waals surface area contributed by atoms with E-state index in [1.54, 1.807) is 55.6 Å². The average Bonchev–Trinajstić information content (AvgIpc) is 3.02. The van der Waals surface area contributed by atoms with Gasteiger partial charge in [0.25, 0.3) is 0 Å². The highest BCUT2D eigenvalue weighted by Gasteiger charge is 2.49. The van der Waals surface area contributed by atoms with Crippen molar-refractivity contribution in [2.45, 2.75) is 26.2 Å². The second kappa shape index (κ2) is 8.30. The van der Waals surface area contributed by atoms with Gasteiger partial charge in [-0.3, -0.25) is 19.3 Å². The Kier molecular flexibility index (Phi) is 5.57. The molecule has 0 unspecified atom stereocenters. The number of rotatable bonds is 6. The molecule has 0 N–H and O–H groups in total. The second-order valence-electron chi connectivity index (χ2n) is 8.08. The lowest BCUT2D eigenvalue weighted by molar-refractivity contribution is -0.122. The molecule has 3 atom stereocenters. The molecule has 1 aliphatic carbocycles. The first kappa shape index (κ1) is 20.1. The normalized spacial score (nSPS) is 23.3. The maximum atomic E-state index is 12.8. The van der Waals surface area contributed by atoms with Gasteiger partial charge in [-0.1, -0.05) is 6.92 Å². The Labute approximate surface area is 175 Å². The zero-order chi connectivity index (χ0) is 21.3. The number of imide groups is 1. The summed E-state index contributed by atoms with van der Waals surface area (Å²) in [5.41, 5.74) is 1.10. The van der Waals surface area contributed by atoms with Crippen LogP contribution in [0.4, 0.5) is 5.69 Å². The Balaban J connectivity index is 1.40. The average molecular weight is 407 g/mol. The van der Waals surface area contributed by atoms with Crippen molar-refractivity contribution in [1.29, 1.82) is 0 Å². The third-order valence-corrected chi connectivity index (χ3v) is 6.06. The summed E-state index contributed by atoms with van der Waals surface area (Å²) in [5.74, 6) is 0.937. The van der Waals surface area contributed by atoms with Crippen molar-refractivity contribution in [3.63, 3.8) is 0 Å². The molecule has 1 aliphatic heterocycles. The number of nitrogens with zero attached hydrogens (tertiary/aromatic N) is 1. The van der Waals surface area contributed by atoms with Crippen molar-refractivity contribution in [2.75, 3.05) is 18.6 Å². The van der Waals surface area contributed by atoms with Crippen LogP contribution < -0.4 is 14.4 Å². The number of hydrogen-bond donors (Lipinski definition) is 0. The first-order valence-electron chi connectivity index (χ1n) is 10.3. The minimum absolute atomic E-state index is 0.0970. The fraction of sp³-hybridized carbons (Fsp3) is 0.375. The third-order valence-electron chi connectivity index (χ3n) is 6.06. The monoisotopic (exact) mass is 407 g/mol. The summed E-state index contributed by atoms with van der Waals surface area (Å²) in [7, 11) is 1.57. The molecule has 0 spiro atoms. The standard InChI is InChI=1S/C24H25NO5/c1-15-3-12-20-21(13-15)24(28)25(23(20)27)17-6-10-19(11-7-17)30-14-22(26)16-4-8-18(29-2)9-5-16/h4-11,15,20-21H,3,12-14H2,1-2H3/t15-,20-,21+/m1/s1. The SMILES string of the molecule is COc1ccc(C(=O)COc2ccc(N3C(=O)[C@H]4C[C@H](C)CC[C@H]4C3=O)cc2)cc1. The summed E-state index contributed by atoms with van der Waals surface area (Å²) < 4.78 is 10.7. The van der Waals surface area contributed by atoms with Gasteiger partial charge in [-0.2, -0.15) is 0 Å². The topological polar surface area (TPSA) is 72.9 Å². The second-order valence-corrected chi connectivity index (χ2v) is 8.08. The van der Waals surface area contributed by atoms with Crippen LogP contribution in [0, 0.1) is 17.8 Å². The largest absolute Gasteiger partial charge is 0.497 e. The number of fused-ring (bicyclic) bond motifs is 1. The molecule has 30 heavy (non-hydrogen) atoms. The lowest BCUT2D eigenvalue weighted by Gasteiger charge is -2.25. The zero-order valence-electron chi connectivity index (χ0n) is 17.2. The molecule has 2 fully saturated rings. The van der Waals surface area contributed by atoms with Crippen LogP contribution >= 0.6 is 0 Å². The van der Waals surface area contributed by atoms with E-state index in [4.69, 9.17) is 9.47 Å². The van der Waals surface area contributed by atoms with Crippen LogP contribution in [0.25, 0.3) is 0 Å². The lowest BCUT2D eigenvalue weighted by Crippen LogP contribution is -2.30. The smallest absolute Gasteiger partial charge is 0.237 e. The van der Waals surface area contributed by atoms with Gasteiger partial charge >= 0.3 is 0 Å². The van der Waals surface area contributed by atoms with E-state index >= 15 is 0 Å². The Bertz CT molecular complexity index is 951. The van der Waals surface area contributed by atoms with Gasteiger partial charge < -0.3 is 9.47 Å². The van der Waals surface area contributed by atoms with Crippen molar-refractivity contribution in [2.24, 2.45) is 17.8 Å². The number of ketones is 1. The van der Waals surface area contributed by atoms with E-state index < -0.39 is 0 Å². The molecule has 1 heterocycles. The first-order chi connectivity index (χ1) is 14.5. The summed E-state index contributed by atoms with van der Waals surface area (Å²) in [6, 6.07) is 13.6. The number of benzene rings is 2. The van der Waals surface area contributed by atoms with Gasteiger partial charge in [0.15, 0.2) is 12.4 Å². The van der Waals surface area contributed by atoms with Crippen molar-refractivity contribution >= 4 is 23.3 Å². The summed E-state index contributed by atoms with van der Waals surface area (Å²) in [6.07, 6.45) is 2.55. The van der Waals surface area contributed by atoms with Crippen molar-refractivity contribution in [3.8, 4) is 11.5 Å². The minimum Gasteiger partial charge on any atom is -0.497 e. The van der Waals surface area contributed by atoms with E-state index in [-0.39, 0.29) is 36.0 Å². The molecule has 2 aromatic rings. The van der Waals surface area contributed by atoms with Crippen LogP contribution in [0.3, 0.4) is 0 Å². The van der Waals surface area contributed by atoms with Gasteiger partial charge in [0, 0.05) is 5.56 Å².